The zero-order valence-electron chi connectivity index (χ0n) is 11.7. The Balaban J connectivity index is 2.36. The minimum Gasteiger partial charge on any atom is -0.370 e. The highest BCUT2D eigenvalue weighted by Gasteiger charge is 2.08. The Morgan fingerprint density at radius 1 is 1.45 bits per heavy atom. The first-order chi connectivity index (χ1) is 9.47. The summed E-state index contributed by atoms with van der Waals surface area (Å²) in [5.74, 6) is 1.18. The lowest BCUT2D eigenvalue weighted by molar-refractivity contribution is 0.609. The van der Waals surface area contributed by atoms with Crippen LogP contribution in [-0.2, 0) is 6.54 Å². The molecule has 0 aromatic carbocycles. The number of pyridine rings is 1. The van der Waals surface area contributed by atoms with E-state index >= 15 is 0 Å². The molecule has 0 amide bonds. The fourth-order valence-electron chi connectivity index (χ4n) is 1.62. The smallest absolute Gasteiger partial charge is 0.191 e. The van der Waals surface area contributed by atoms with Crippen molar-refractivity contribution < 1.29 is 0 Å². The van der Waals surface area contributed by atoms with Crippen LogP contribution in [-0.4, -0.2) is 39.7 Å². The van der Waals surface area contributed by atoms with E-state index in [1.807, 2.05) is 33.2 Å². The molecule has 0 bridgehead atoms. The van der Waals surface area contributed by atoms with Crippen LogP contribution >= 0.6 is 11.6 Å². The van der Waals surface area contributed by atoms with Crippen LogP contribution in [0.15, 0.2) is 29.5 Å². The van der Waals surface area contributed by atoms with Gasteiger partial charge in [-0.05, 0) is 13.0 Å². The van der Waals surface area contributed by atoms with E-state index in [2.05, 4.69) is 15.1 Å². The van der Waals surface area contributed by atoms with Gasteiger partial charge in [0.15, 0.2) is 11.8 Å². The number of aryl methyl sites for hydroxylation is 1. The number of aromatic nitrogens is 3. The molecule has 0 aliphatic rings. The molecule has 0 atom stereocenters. The van der Waals surface area contributed by atoms with Crippen LogP contribution in [0.25, 0.3) is 5.82 Å². The van der Waals surface area contributed by atoms with E-state index in [9.17, 15) is 0 Å². The van der Waals surface area contributed by atoms with E-state index in [1.165, 1.54) is 0 Å². The van der Waals surface area contributed by atoms with Gasteiger partial charge in [0, 0.05) is 25.4 Å². The number of hydrogen-bond acceptors (Lipinski definition) is 3. The van der Waals surface area contributed by atoms with Crippen molar-refractivity contribution in [2.24, 2.45) is 10.7 Å². The fourth-order valence-corrected chi connectivity index (χ4v) is 1.75. The van der Waals surface area contributed by atoms with Gasteiger partial charge in [0.25, 0.3) is 0 Å². The van der Waals surface area contributed by atoms with Gasteiger partial charge in [0.2, 0.25) is 0 Å². The Labute approximate surface area is 122 Å². The number of nitrogens with zero attached hydrogens (tertiary/aromatic N) is 5. The van der Waals surface area contributed by atoms with Crippen molar-refractivity contribution in [3.63, 3.8) is 0 Å². The normalized spacial score (nSPS) is 11.7. The largest absolute Gasteiger partial charge is 0.370 e. The Hall–Kier alpha value is -2.08. The molecule has 0 aliphatic heterocycles. The molecule has 0 saturated carbocycles. The molecule has 6 nitrogen and oxygen atoms in total. The summed E-state index contributed by atoms with van der Waals surface area (Å²) >= 11 is 5.91. The fraction of sp³-hybridized carbons (Fsp3) is 0.308. The average Bonchev–Trinajstić information content (AvgIpc) is 2.83. The second kappa shape index (κ2) is 5.92. The number of hydrogen-bond donors (Lipinski definition) is 1. The maximum absolute atomic E-state index is 5.91. The minimum absolute atomic E-state index is 0.435. The molecule has 0 unspecified atom stereocenters. The molecule has 2 heterocycles. The van der Waals surface area contributed by atoms with Crippen LogP contribution < -0.4 is 5.73 Å². The van der Waals surface area contributed by atoms with Crippen molar-refractivity contribution in [3.05, 3.63) is 40.8 Å². The quantitative estimate of drug-likeness (QED) is 0.689. The summed E-state index contributed by atoms with van der Waals surface area (Å²) in [6, 6.07) is 3.91. The third-order valence-corrected chi connectivity index (χ3v) is 2.93. The maximum Gasteiger partial charge on any atom is 0.191 e. The van der Waals surface area contributed by atoms with E-state index < -0.39 is 0 Å². The third-order valence-electron chi connectivity index (χ3n) is 2.73. The van der Waals surface area contributed by atoms with Gasteiger partial charge in [-0.3, -0.25) is 0 Å². The van der Waals surface area contributed by atoms with Gasteiger partial charge in [-0.25, -0.2) is 14.7 Å². The van der Waals surface area contributed by atoms with Gasteiger partial charge in [-0.15, -0.1) is 0 Å². The lowest BCUT2D eigenvalue weighted by Crippen LogP contribution is -2.30. The second-order valence-corrected chi connectivity index (χ2v) is 5.04. The lowest BCUT2D eigenvalue weighted by Gasteiger charge is -2.12. The summed E-state index contributed by atoms with van der Waals surface area (Å²) in [5.41, 5.74) is 7.63. The molecule has 0 radical (unpaired) electrons. The highest BCUT2D eigenvalue weighted by molar-refractivity contribution is 6.30. The third kappa shape index (κ3) is 3.27. The van der Waals surface area contributed by atoms with Crippen LogP contribution in [0.4, 0.5) is 0 Å². The highest BCUT2D eigenvalue weighted by Crippen LogP contribution is 2.16. The number of nitrogens with two attached hydrogens (primary N) is 1. The standard InChI is InChI=1S/C13H17ClN6/c1-9-4-5-10(6-16-13(15)19(2)3)12(18-9)20-8-11(14)7-17-20/h4-5,7-8H,6H2,1-3H3,(H2,15,16). The van der Waals surface area contributed by atoms with Crippen molar-refractivity contribution in [3.8, 4) is 5.82 Å². The number of guanidine groups is 1. The SMILES string of the molecule is Cc1ccc(CN=C(N)N(C)C)c(-n2cc(Cl)cn2)n1. The van der Waals surface area contributed by atoms with Gasteiger partial charge >= 0.3 is 0 Å². The number of aliphatic imine (C=N–C) groups is 1. The molecule has 2 rings (SSSR count). The number of rotatable bonds is 3. The molecule has 20 heavy (non-hydrogen) atoms. The van der Waals surface area contributed by atoms with Crippen molar-refractivity contribution in [1.82, 2.24) is 19.7 Å². The zero-order valence-corrected chi connectivity index (χ0v) is 12.5. The Morgan fingerprint density at radius 3 is 2.80 bits per heavy atom. The van der Waals surface area contributed by atoms with Crippen LogP contribution in [0.2, 0.25) is 5.02 Å². The molecular formula is C13H17ClN6. The van der Waals surface area contributed by atoms with E-state index in [4.69, 9.17) is 17.3 Å². The molecular weight excluding hydrogens is 276 g/mol. The van der Waals surface area contributed by atoms with Crippen LogP contribution in [0, 0.1) is 6.92 Å². The molecule has 2 aromatic heterocycles. The summed E-state index contributed by atoms with van der Waals surface area (Å²) in [4.78, 5) is 10.6. The summed E-state index contributed by atoms with van der Waals surface area (Å²) in [7, 11) is 3.70. The lowest BCUT2D eigenvalue weighted by atomic mass is 10.2. The van der Waals surface area contributed by atoms with Gasteiger partial charge in [-0.1, -0.05) is 17.7 Å². The topological polar surface area (TPSA) is 72.3 Å². The first-order valence-electron chi connectivity index (χ1n) is 6.11. The summed E-state index contributed by atoms with van der Waals surface area (Å²) in [6.07, 6.45) is 3.29. The molecule has 7 heteroatoms. The van der Waals surface area contributed by atoms with E-state index in [-0.39, 0.29) is 0 Å². The van der Waals surface area contributed by atoms with Gasteiger partial charge in [-0.2, -0.15) is 5.10 Å². The predicted octanol–water partition coefficient (Wildman–Crippen LogP) is 1.61. The molecule has 0 aliphatic carbocycles. The maximum atomic E-state index is 5.91. The monoisotopic (exact) mass is 292 g/mol. The second-order valence-electron chi connectivity index (χ2n) is 4.61. The molecule has 2 N–H and O–H groups in total. The summed E-state index contributed by atoms with van der Waals surface area (Å²) in [5, 5.41) is 4.75. The van der Waals surface area contributed by atoms with Crippen LogP contribution in [0.1, 0.15) is 11.3 Å². The summed E-state index contributed by atoms with van der Waals surface area (Å²) in [6.45, 7) is 2.36. The molecule has 0 saturated heterocycles. The molecule has 0 fully saturated rings. The van der Waals surface area contributed by atoms with E-state index in [0.717, 1.165) is 11.3 Å². The van der Waals surface area contributed by atoms with Gasteiger partial charge < -0.3 is 10.6 Å². The van der Waals surface area contributed by atoms with Crippen LogP contribution in [0.5, 0.6) is 0 Å². The highest BCUT2D eigenvalue weighted by atomic mass is 35.5. The first-order valence-corrected chi connectivity index (χ1v) is 6.49. The average molecular weight is 293 g/mol. The Kier molecular flexibility index (Phi) is 4.24. The number of halogens is 1. The van der Waals surface area contributed by atoms with Gasteiger partial charge in [0.1, 0.15) is 0 Å². The van der Waals surface area contributed by atoms with Crippen LogP contribution in [0.3, 0.4) is 0 Å². The summed E-state index contributed by atoms with van der Waals surface area (Å²) < 4.78 is 1.64. The van der Waals surface area contributed by atoms with Crippen molar-refractivity contribution in [1.29, 1.82) is 0 Å². The minimum atomic E-state index is 0.435. The molecule has 0 spiro atoms. The Bertz CT molecular complexity index is 632. The molecule has 2 aromatic rings. The Morgan fingerprint density at radius 2 is 2.20 bits per heavy atom. The van der Waals surface area contributed by atoms with E-state index in [1.54, 1.807) is 22.0 Å². The predicted molar refractivity (Wildman–Crippen MR) is 80.1 cm³/mol. The molecule has 106 valence electrons. The van der Waals surface area contributed by atoms with Crippen molar-refractivity contribution in [2.45, 2.75) is 13.5 Å². The van der Waals surface area contributed by atoms with Gasteiger partial charge in [0.05, 0.1) is 24.0 Å². The van der Waals surface area contributed by atoms with E-state index in [0.29, 0.717) is 23.3 Å². The first kappa shape index (κ1) is 14.3. The zero-order chi connectivity index (χ0) is 14.7. The van der Waals surface area contributed by atoms with Crippen molar-refractivity contribution in [2.75, 3.05) is 14.1 Å². The van der Waals surface area contributed by atoms with Crippen molar-refractivity contribution >= 4 is 17.6 Å².